The summed E-state index contributed by atoms with van der Waals surface area (Å²) < 4.78 is 4.90. The highest BCUT2D eigenvalue weighted by atomic mass is 16.5. The molecule has 88 valence electrons. The first kappa shape index (κ1) is 12.3. The van der Waals surface area contributed by atoms with Crippen LogP contribution < -0.4 is 15.9 Å². The summed E-state index contributed by atoms with van der Waals surface area (Å²) in [6, 6.07) is 6.39. The van der Waals surface area contributed by atoms with Gasteiger partial charge in [-0.1, -0.05) is 6.07 Å². The topological polar surface area (TPSA) is 128 Å². The predicted octanol–water partition coefficient (Wildman–Crippen LogP) is 0.628. The molecule has 7 heteroatoms. The molecule has 0 saturated carbocycles. The number of phenolic OH excluding ortho intramolecular Hbond substituents is 1. The molecular weight excluding hydrogens is 222 g/mol. The number of nitrogens with zero attached hydrogens (tertiary/aromatic N) is 2. The Balaban J connectivity index is 2.97. The van der Waals surface area contributed by atoms with E-state index in [1.807, 2.05) is 0 Å². The first-order chi connectivity index (χ1) is 8.10. The van der Waals surface area contributed by atoms with Crippen LogP contribution in [0.15, 0.2) is 23.3 Å². The lowest BCUT2D eigenvalue weighted by molar-refractivity contribution is 0.374. The Morgan fingerprint density at radius 3 is 2.88 bits per heavy atom. The van der Waals surface area contributed by atoms with Crippen LogP contribution in [0.3, 0.4) is 0 Å². The largest absolute Gasteiger partial charge is 0.503 e. The van der Waals surface area contributed by atoms with Gasteiger partial charge in [0.05, 0.1) is 7.11 Å². The van der Waals surface area contributed by atoms with Crippen LogP contribution in [0.5, 0.6) is 11.5 Å². The highest BCUT2D eigenvalue weighted by Gasteiger charge is 2.07. The fourth-order valence-electron chi connectivity index (χ4n) is 1.04. The summed E-state index contributed by atoms with van der Waals surface area (Å²) >= 11 is 0. The molecule has 0 aromatic heterocycles. The highest BCUT2D eigenvalue weighted by Crippen LogP contribution is 2.33. The van der Waals surface area contributed by atoms with E-state index in [0.717, 1.165) is 0 Å². The van der Waals surface area contributed by atoms with Crippen molar-refractivity contribution in [2.24, 2.45) is 10.8 Å². The number of ether oxygens (including phenoxy) is 1. The lowest BCUT2D eigenvalue weighted by atomic mass is 10.3. The number of anilines is 1. The minimum Gasteiger partial charge on any atom is -0.503 e. The molecule has 0 aliphatic rings. The van der Waals surface area contributed by atoms with Gasteiger partial charge in [-0.15, -0.1) is 0 Å². The van der Waals surface area contributed by atoms with Gasteiger partial charge in [-0.2, -0.15) is 10.4 Å². The van der Waals surface area contributed by atoms with Crippen molar-refractivity contribution < 1.29 is 9.84 Å². The Labute approximate surface area is 97.6 Å². The number of nitriles is 1. The lowest BCUT2D eigenvalue weighted by Gasteiger charge is -2.07. The van der Waals surface area contributed by atoms with E-state index in [2.05, 4.69) is 10.5 Å². The van der Waals surface area contributed by atoms with Gasteiger partial charge < -0.3 is 15.6 Å². The molecule has 0 fully saturated rings. The fraction of sp³-hybridized carbons (Fsp3) is 0.100. The van der Waals surface area contributed by atoms with E-state index >= 15 is 0 Å². The Bertz CT molecular complexity index is 504. The Hall–Kier alpha value is -2.75. The summed E-state index contributed by atoms with van der Waals surface area (Å²) in [7, 11) is 1.42. The molecule has 17 heavy (non-hydrogen) atoms. The molecule has 0 heterocycles. The SMILES string of the molecule is COc1cccc(N/N=C(\C#N)C(=N)N)c1O. The van der Waals surface area contributed by atoms with Gasteiger partial charge in [-0.25, -0.2) is 0 Å². The van der Waals surface area contributed by atoms with Gasteiger partial charge in [0.25, 0.3) is 0 Å². The second kappa shape index (κ2) is 5.37. The molecule has 1 rings (SSSR count). The van der Waals surface area contributed by atoms with Crippen molar-refractivity contribution in [3.8, 4) is 17.6 Å². The van der Waals surface area contributed by atoms with E-state index in [9.17, 15) is 5.11 Å². The number of nitrogens with two attached hydrogens (primary N) is 1. The van der Waals surface area contributed by atoms with Crippen molar-refractivity contribution in [1.29, 1.82) is 10.7 Å². The summed E-state index contributed by atoms with van der Waals surface area (Å²) in [5.41, 5.74) is 7.52. The number of amidine groups is 1. The van der Waals surface area contributed by atoms with E-state index in [1.165, 1.54) is 13.2 Å². The van der Waals surface area contributed by atoms with Gasteiger partial charge in [-0.3, -0.25) is 10.8 Å². The molecule has 0 spiro atoms. The Morgan fingerprint density at radius 1 is 1.65 bits per heavy atom. The Kier molecular flexibility index (Phi) is 3.89. The number of rotatable bonds is 4. The zero-order valence-electron chi connectivity index (χ0n) is 9.06. The zero-order chi connectivity index (χ0) is 12.8. The highest BCUT2D eigenvalue weighted by molar-refractivity contribution is 6.45. The molecule has 0 amide bonds. The van der Waals surface area contributed by atoms with Crippen molar-refractivity contribution in [2.75, 3.05) is 12.5 Å². The van der Waals surface area contributed by atoms with E-state index in [1.54, 1.807) is 18.2 Å². The lowest BCUT2D eigenvalue weighted by Crippen LogP contribution is -2.21. The van der Waals surface area contributed by atoms with E-state index in [-0.39, 0.29) is 22.9 Å². The molecule has 1 aromatic rings. The normalized spacial score (nSPS) is 10.5. The summed E-state index contributed by atoms with van der Waals surface area (Å²) in [4.78, 5) is 0. The average molecular weight is 233 g/mol. The van der Waals surface area contributed by atoms with Crippen molar-refractivity contribution in [3.05, 3.63) is 18.2 Å². The number of hydrazone groups is 1. The number of nitrogens with one attached hydrogen (secondary N) is 2. The van der Waals surface area contributed by atoms with Gasteiger partial charge in [0.1, 0.15) is 11.8 Å². The number of phenols is 1. The van der Waals surface area contributed by atoms with Gasteiger partial charge >= 0.3 is 0 Å². The maximum atomic E-state index is 9.69. The number of benzene rings is 1. The summed E-state index contributed by atoms with van der Waals surface area (Å²) in [6.45, 7) is 0. The van der Waals surface area contributed by atoms with Crippen LogP contribution in [-0.4, -0.2) is 23.8 Å². The number of aromatic hydroxyl groups is 1. The molecular formula is C10H11N5O2. The first-order valence-electron chi connectivity index (χ1n) is 4.54. The molecule has 0 unspecified atom stereocenters. The third-order valence-electron chi connectivity index (χ3n) is 1.87. The van der Waals surface area contributed by atoms with Crippen molar-refractivity contribution >= 4 is 17.2 Å². The number of hydrogen-bond donors (Lipinski definition) is 4. The van der Waals surface area contributed by atoms with Crippen LogP contribution in [0.1, 0.15) is 0 Å². The van der Waals surface area contributed by atoms with Gasteiger partial charge in [0.2, 0.25) is 5.71 Å². The summed E-state index contributed by atoms with van der Waals surface area (Å²) in [6.07, 6.45) is 0. The molecule has 0 atom stereocenters. The van der Waals surface area contributed by atoms with Crippen molar-refractivity contribution in [3.63, 3.8) is 0 Å². The second-order valence-corrected chi connectivity index (χ2v) is 2.95. The smallest absolute Gasteiger partial charge is 0.201 e. The maximum absolute atomic E-state index is 9.69. The van der Waals surface area contributed by atoms with Gasteiger partial charge in [0.15, 0.2) is 17.3 Å². The van der Waals surface area contributed by atoms with Crippen LogP contribution in [0.25, 0.3) is 0 Å². The third-order valence-corrected chi connectivity index (χ3v) is 1.87. The molecule has 1 aromatic carbocycles. The van der Waals surface area contributed by atoms with Crippen LogP contribution in [0.4, 0.5) is 5.69 Å². The minimum atomic E-state index is -0.456. The molecule has 0 saturated heterocycles. The van der Waals surface area contributed by atoms with E-state index in [0.29, 0.717) is 0 Å². The average Bonchev–Trinajstić information content (AvgIpc) is 2.31. The molecule has 0 bridgehead atoms. The maximum Gasteiger partial charge on any atom is 0.201 e. The van der Waals surface area contributed by atoms with Crippen LogP contribution in [-0.2, 0) is 0 Å². The van der Waals surface area contributed by atoms with Crippen molar-refractivity contribution in [2.45, 2.75) is 0 Å². The number of hydrogen-bond acceptors (Lipinski definition) is 6. The summed E-state index contributed by atoms with van der Waals surface area (Å²) in [5.74, 6) is -0.325. The Morgan fingerprint density at radius 2 is 2.35 bits per heavy atom. The fourth-order valence-corrected chi connectivity index (χ4v) is 1.04. The first-order valence-corrected chi connectivity index (χ1v) is 4.54. The van der Waals surface area contributed by atoms with Gasteiger partial charge in [0, 0.05) is 0 Å². The predicted molar refractivity (Wildman–Crippen MR) is 63.2 cm³/mol. The zero-order valence-corrected chi connectivity index (χ0v) is 9.06. The van der Waals surface area contributed by atoms with Crippen LogP contribution in [0, 0.1) is 16.7 Å². The molecule has 7 nitrogen and oxygen atoms in total. The number of methoxy groups -OCH3 is 1. The molecule has 0 radical (unpaired) electrons. The van der Waals surface area contributed by atoms with E-state index in [4.69, 9.17) is 21.1 Å². The van der Waals surface area contributed by atoms with Crippen LogP contribution in [0.2, 0.25) is 0 Å². The van der Waals surface area contributed by atoms with Crippen LogP contribution >= 0.6 is 0 Å². The molecule has 0 aliphatic heterocycles. The van der Waals surface area contributed by atoms with E-state index < -0.39 is 5.84 Å². The third kappa shape index (κ3) is 2.85. The molecule has 0 aliphatic carbocycles. The number of para-hydroxylation sites is 1. The standard InChI is InChI=1S/C10H11N5O2/c1-17-8-4-2-3-6(9(8)16)14-15-7(5-11)10(12)13/h2-4,14,16H,1H3,(H3,12,13)/b15-7+. The summed E-state index contributed by atoms with van der Waals surface area (Å²) in [5, 5.41) is 28.9. The minimum absolute atomic E-state index is 0.139. The second-order valence-electron chi connectivity index (χ2n) is 2.95. The molecule has 5 N–H and O–H groups in total. The quantitative estimate of drug-likeness (QED) is 0.262. The van der Waals surface area contributed by atoms with Crippen molar-refractivity contribution in [1.82, 2.24) is 0 Å². The van der Waals surface area contributed by atoms with Gasteiger partial charge in [-0.05, 0) is 12.1 Å². The monoisotopic (exact) mass is 233 g/mol.